The molecule has 0 aliphatic rings. The second-order valence-electron chi connectivity index (χ2n) is 27.1. The van der Waals surface area contributed by atoms with Gasteiger partial charge in [-0.05, 0) is 37.5 Å². The van der Waals surface area contributed by atoms with Gasteiger partial charge in [0.2, 0.25) is 0 Å². The topological polar surface area (TPSA) is 237 Å². The zero-order chi connectivity index (χ0) is 67.9. The summed E-state index contributed by atoms with van der Waals surface area (Å²) in [6.45, 7) is 9.55. The molecule has 0 heterocycles. The zero-order valence-corrected chi connectivity index (χ0v) is 61.6. The van der Waals surface area contributed by atoms with Crippen molar-refractivity contribution in [3.8, 4) is 0 Å². The Morgan fingerprint density at radius 3 is 0.826 bits per heavy atom. The number of ether oxygens (including phenoxy) is 4. The van der Waals surface area contributed by atoms with Crippen LogP contribution in [0.5, 0.6) is 0 Å². The number of phosphoric ester groups is 2. The van der Waals surface area contributed by atoms with E-state index in [1.807, 2.05) is 0 Å². The lowest BCUT2D eigenvalue weighted by Crippen LogP contribution is -2.30. The number of unbranched alkanes of at least 4 members (excludes halogenated alkanes) is 41. The summed E-state index contributed by atoms with van der Waals surface area (Å²) in [5.41, 5.74) is 0. The maximum absolute atomic E-state index is 13.1. The molecule has 17 nitrogen and oxygen atoms in total. The quantitative estimate of drug-likeness (QED) is 0.0222. The maximum Gasteiger partial charge on any atom is 0.472 e. The smallest absolute Gasteiger partial charge is 0.462 e. The van der Waals surface area contributed by atoms with Gasteiger partial charge in [0, 0.05) is 25.7 Å². The van der Waals surface area contributed by atoms with Crippen LogP contribution >= 0.6 is 15.6 Å². The third-order valence-corrected chi connectivity index (χ3v) is 19.2. The molecule has 0 bridgehead atoms. The van der Waals surface area contributed by atoms with Crippen molar-refractivity contribution in [3.05, 3.63) is 0 Å². The summed E-state index contributed by atoms with van der Waals surface area (Å²) in [6, 6.07) is 0. The summed E-state index contributed by atoms with van der Waals surface area (Å²) in [7, 11) is -9.90. The van der Waals surface area contributed by atoms with Crippen LogP contribution in [0, 0.1) is 11.8 Å². The fourth-order valence-corrected chi connectivity index (χ4v) is 12.7. The standard InChI is InChI=1S/C73H142O17P2/c1-7-10-12-14-16-17-18-19-20-21-25-28-31-38-44-50-56-71(76)84-62-69(89-72(77)57-51-45-39-32-29-26-23-22-24-27-30-36-41-47-53-65(4)5)64-88-92(81,82)86-60-67(74)59-85-91(79,80)87-63-68(61-83-70(75)55-49-43-35-15-13-11-8-2)90-73(78)58-52-46-40-34-33-37-42-48-54-66(6)9-3/h65-69,74H,7-64H2,1-6H3,(H,79,80)(H,81,82)/t66?,67-,68+,69+/m0/s1. The van der Waals surface area contributed by atoms with E-state index in [2.05, 4.69) is 41.5 Å². The number of hydrogen-bond acceptors (Lipinski definition) is 15. The average Bonchev–Trinajstić information content (AvgIpc) is 3.43. The van der Waals surface area contributed by atoms with Crippen LogP contribution in [0.3, 0.4) is 0 Å². The molecule has 92 heavy (non-hydrogen) atoms. The van der Waals surface area contributed by atoms with Gasteiger partial charge in [-0.25, -0.2) is 9.13 Å². The van der Waals surface area contributed by atoms with Gasteiger partial charge in [-0.1, -0.05) is 324 Å². The first-order valence-electron chi connectivity index (χ1n) is 38.0. The van der Waals surface area contributed by atoms with E-state index in [1.54, 1.807) is 0 Å². The minimum Gasteiger partial charge on any atom is -0.462 e. The molecule has 0 radical (unpaired) electrons. The monoisotopic (exact) mass is 1350 g/mol. The number of rotatable bonds is 72. The number of esters is 4. The highest BCUT2D eigenvalue weighted by Crippen LogP contribution is 2.45. The van der Waals surface area contributed by atoms with Crippen molar-refractivity contribution in [3.63, 3.8) is 0 Å². The predicted octanol–water partition coefficient (Wildman–Crippen LogP) is 21.2. The Morgan fingerprint density at radius 1 is 0.315 bits per heavy atom. The van der Waals surface area contributed by atoms with E-state index in [9.17, 15) is 43.2 Å². The van der Waals surface area contributed by atoms with Crippen molar-refractivity contribution in [2.24, 2.45) is 11.8 Å². The van der Waals surface area contributed by atoms with Crippen molar-refractivity contribution in [2.75, 3.05) is 39.6 Å². The maximum atomic E-state index is 13.1. The lowest BCUT2D eigenvalue weighted by Gasteiger charge is -2.21. The third kappa shape index (κ3) is 65.4. The molecule has 0 saturated carbocycles. The highest BCUT2D eigenvalue weighted by molar-refractivity contribution is 7.47. The summed E-state index contributed by atoms with van der Waals surface area (Å²) in [6.07, 6.45) is 51.4. The molecular weight excluding hydrogens is 1210 g/mol. The number of aliphatic hydroxyl groups excluding tert-OH is 1. The molecule has 0 aliphatic heterocycles. The van der Waals surface area contributed by atoms with E-state index < -0.39 is 97.5 Å². The summed E-state index contributed by atoms with van der Waals surface area (Å²) in [5, 5.41) is 10.6. The SMILES string of the molecule is CCCCCCCCCCCCCCCCCCC(=O)OC[C@H](COP(=O)(O)OC[C@@H](O)COP(=O)(O)OC[C@@H](COC(=O)CCCCCCCCC)OC(=O)CCCCCCCCCCC(C)CC)OC(=O)CCCCCCCCCCCCCCCCC(C)C. The van der Waals surface area contributed by atoms with Crippen LogP contribution in [-0.2, 0) is 65.4 Å². The van der Waals surface area contributed by atoms with E-state index in [0.29, 0.717) is 25.7 Å². The van der Waals surface area contributed by atoms with Gasteiger partial charge >= 0.3 is 39.5 Å². The second-order valence-corrected chi connectivity index (χ2v) is 30.0. The van der Waals surface area contributed by atoms with Crippen LogP contribution in [0.4, 0.5) is 0 Å². The molecule has 0 aromatic heterocycles. The van der Waals surface area contributed by atoms with Crippen LogP contribution in [0.15, 0.2) is 0 Å². The zero-order valence-electron chi connectivity index (χ0n) is 59.9. The van der Waals surface area contributed by atoms with Gasteiger partial charge in [0.25, 0.3) is 0 Å². The highest BCUT2D eigenvalue weighted by Gasteiger charge is 2.30. The molecule has 0 spiro atoms. The Morgan fingerprint density at radius 2 is 0.554 bits per heavy atom. The molecule has 0 aromatic rings. The van der Waals surface area contributed by atoms with E-state index in [4.69, 9.17) is 37.0 Å². The van der Waals surface area contributed by atoms with Gasteiger partial charge in [-0.3, -0.25) is 37.3 Å². The van der Waals surface area contributed by atoms with Crippen molar-refractivity contribution in [1.29, 1.82) is 0 Å². The number of aliphatic hydroxyl groups is 1. The van der Waals surface area contributed by atoms with Crippen LogP contribution in [-0.4, -0.2) is 96.7 Å². The molecule has 3 N–H and O–H groups in total. The van der Waals surface area contributed by atoms with Gasteiger partial charge in [-0.2, -0.15) is 0 Å². The largest absolute Gasteiger partial charge is 0.472 e. The molecular formula is C73H142O17P2. The molecule has 0 aliphatic carbocycles. The normalized spacial score (nSPS) is 14.4. The summed E-state index contributed by atoms with van der Waals surface area (Å²) < 4.78 is 68.3. The third-order valence-electron chi connectivity index (χ3n) is 17.3. The first-order chi connectivity index (χ1) is 44.4. The van der Waals surface area contributed by atoms with Crippen LogP contribution in [0.1, 0.15) is 375 Å². The molecule has 19 heteroatoms. The first-order valence-corrected chi connectivity index (χ1v) is 41.0. The number of phosphoric acid groups is 2. The number of carbonyl (C=O) groups is 4. The minimum absolute atomic E-state index is 0.105. The summed E-state index contributed by atoms with van der Waals surface area (Å²) in [5.74, 6) is -0.560. The lowest BCUT2D eigenvalue weighted by molar-refractivity contribution is -0.161. The molecule has 0 aromatic carbocycles. The van der Waals surface area contributed by atoms with E-state index in [0.717, 1.165) is 115 Å². The number of carbonyl (C=O) groups excluding carboxylic acids is 4. The van der Waals surface area contributed by atoms with E-state index in [-0.39, 0.29) is 25.7 Å². The molecule has 0 amide bonds. The molecule has 0 rings (SSSR count). The van der Waals surface area contributed by atoms with Gasteiger partial charge in [0.1, 0.15) is 19.3 Å². The molecule has 0 fully saturated rings. The van der Waals surface area contributed by atoms with E-state index >= 15 is 0 Å². The van der Waals surface area contributed by atoms with Crippen molar-refractivity contribution in [2.45, 2.75) is 394 Å². The fraction of sp³-hybridized carbons (Fsp3) is 0.945. The highest BCUT2D eigenvalue weighted by atomic mass is 31.2. The Bertz CT molecular complexity index is 1790. The number of hydrogen-bond donors (Lipinski definition) is 3. The minimum atomic E-state index is -4.95. The van der Waals surface area contributed by atoms with Crippen molar-refractivity contribution in [1.82, 2.24) is 0 Å². The first kappa shape index (κ1) is 90.1. The van der Waals surface area contributed by atoms with Crippen LogP contribution < -0.4 is 0 Å². The van der Waals surface area contributed by atoms with Crippen molar-refractivity contribution < 1.29 is 80.2 Å². The van der Waals surface area contributed by atoms with Gasteiger partial charge in [-0.15, -0.1) is 0 Å². The van der Waals surface area contributed by atoms with Crippen LogP contribution in [0.2, 0.25) is 0 Å². The predicted molar refractivity (Wildman–Crippen MR) is 372 cm³/mol. The van der Waals surface area contributed by atoms with Crippen LogP contribution in [0.25, 0.3) is 0 Å². The van der Waals surface area contributed by atoms with Gasteiger partial charge in [0.15, 0.2) is 12.2 Å². The van der Waals surface area contributed by atoms with Crippen molar-refractivity contribution >= 4 is 39.5 Å². The Kier molecular flexibility index (Phi) is 63.7. The molecule has 0 saturated heterocycles. The lowest BCUT2D eigenvalue weighted by atomic mass is 9.99. The Labute approximate surface area is 562 Å². The summed E-state index contributed by atoms with van der Waals surface area (Å²) in [4.78, 5) is 72.6. The molecule has 6 atom stereocenters. The van der Waals surface area contributed by atoms with Gasteiger partial charge < -0.3 is 33.8 Å². The molecule has 3 unspecified atom stereocenters. The average molecular weight is 1350 g/mol. The Balaban J connectivity index is 5.21. The second kappa shape index (κ2) is 65.0. The van der Waals surface area contributed by atoms with Gasteiger partial charge in [0.05, 0.1) is 26.4 Å². The van der Waals surface area contributed by atoms with E-state index in [1.165, 1.54) is 180 Å². The summed E-state index contributed by atoms with van der Waals surface area (Å²) >= 11 is 0. The molecule has 546 valence electrons. The Hall–Kier alpha value is -1.94. The fourth-order valence-electron chi connectivity index (χ4n) is 11.1.